The number of ether oxygens (including phenoxy) is 1. The Balaban J connectivity index is 1.45. The number of amides is 2. The number of carbonyl (C=O) groups excluding carboxylic acids is 3. The fourth-order valence-corrected chi connectivity index (χ4v) is 8.42. The lowest BCUT2D eigenvalue weighted by molar-refractivity contribution is -0.433. The van der Waals surface area contributed by atoms with E-state index in [9.17, 15) is 40.3 Å². The summed E-state index contributed by atoms with van der Waals surface area (Å²) in [5.41, 5.74) is 3.42. The van der Waals surface area contributed by atoms with Gasteiger partial charge in [0.1, 0.15) is 6.54 Å². The van der Waals surface area contributed by atoms with E-state index in [0.29, 0.717) is 56.0 Å². The Bertz CT molecular complexity index is 2120. The summed E-state index contributed by atoms with van der Waals surface area (Å²) in [6, 6.07) is 9.11. The smallest absolute Gasteiger partial charge is 0.333 e. The van der Waals surface area contributed by atoms with Crippen LogP contribution in [0.25, 0.3) is 0 Å². The second-order valence-electron chi connectivity index (χ2n) is 14.1. The molecule has 286 valence electrons. The van der Waals surface area contributed by atoms with E-state index in [4.69, 9.17) is 9.57 Å². The van der Waals surface area contributed by atoms with Gasteiger partial charge in [-0.25, -0.2) is 4.79 Å². The van der Waals surface area contributed by atoms with Gasteiger partial charge in [-0.3, -0.25) is 18.7 Å². The third-order valence-corrected chi connectivity index (χ3v) is 12.0. The quantitative estimate of drug-likeness (QED) is 0.107. The molecule has 3 aliphatic rings. The maximum Gasteiger partial charge on any atom is 0.333 e. The molecule has 0 saturated carbocycles. The lowest BCUT2D eigenvalue weighted by Gasteiger charge is -2.30. The van der Waals surface area contributed by atoms with Gasteiger partial charge in [-0.15, -0.1) is 5.06 Å². The van der Waals surface area contributed by atoms with E-state index in [0.717, 1.165) is 28.3 Å². The Morgan fingerprint density at radius 2 is 1.55 bits per heavy atom. The second kappa shape index (κ2) is 15.3. The third kappa shape index (κ3) is 8.01. The number of hydrogen-bond acceptors (Lipinski definition) is 10. The number of fused-ring (bicyclic) bond motifs is 2. The van der Waals surface area contributed by atoms with E-state index in [2.05, 4.69) is 9.48 Å². The van der Waals surface area contributed by atoms with Gasteiger partial charge in [0.15, 0.2) is 5.71 Å². The van der Waals surface area contributed by atoms with Crippen LogP contribution < -0.4 is 4.90 Å². The van der Waals surface area contributed by atoms with Crippen molar-refractivity contribution in [3.8, 4) is 0 Å². The summed E-state index contributed by atoms with van der Waals surface area (Å²) in [5.74, 6) is -1.74. The van der Waals surface area contributed by atoms with Gasteiger partial charge >= 0.3 is 5.97 Å². The van der Waals surface area contributed by atoms with Crippen molar-refractivity contribution in [1.29, 1.82) is 0 Å². The van der Waals surface area contributed by atoms with Crippen molar-refractivity contribution in [3.05, 3.63) is 71.5 Å². The molecule has 14 nitrogen and oxygen atoms in total. The van der Waals surface area contributed by atoms with E-state index < -0.39 is 48.8 Å². The minimum absolute atomic E-state index is 0.0127. The average molecular weight is 773 g/mol. The molecule has 0 aliphatic carbocycles. The predicted molar refractivity (Wildman–Crippen MR) is 195 cm³/mol. The summed E-state index contributed by atoms with van der Waals surface area (Å²) >= 11 is 0. The molecule has 0 spiro atoms. The summed E-state index contributed by atoms with van der Waals surface area (Å²) in [5, 5.41) is 0.538. The van der Waals surface area contributed by atoms with Crippen LogP contribution in [0.1, 0.15) is 83.8 Å². The van der Waals surface area contributed by atoms with Gasteiger partial charge in [0.2, 0.25) is 5.69 Å². The minimum atomic E-state index is -4.50. The van der Waals surface area contributed by atoms with Crippen LogP contribution in [0.2, 0.25) is 0 Å². The van der Waals surface area contributed by atoms with Crippen LogP contribution in [0.3, 0.4) is 0 Å². The zero-order valence-electron chi connectivity index (χ0n) is 30.5. The number of benzene rings is 2. The average Bonchev–Trinajstić information content (AvgIpc) is 3.61. The number of methoxy groups -OCH3 is 1. The van der Waals surface area contributed by atoms with Gasteiger partial charge in [0.25, 0.3) is 32.1 Å². The number of carbonyl (C=O) groups is 3. The van der Waals surface area contributed by atoms with Gasteiger partial charge in [-0.1, -0.05) is 12.5 Å². The molecule has 1 saturated heterocycles. The molecule has 2 N–H and O–H groups in total. The zero-order valence-corrected chi connectivity index (χ0v) is 32.1. The predicted octanol–water partition coefficient (Wildman–Crippen LogP) is 5.00. The van der Waals surface area contributed by atoms with Crippen molar-refractivity contribution in [3.63, 3.8) is 0 Å². The lowest BCUT2D eigenvalue weighted by Crippen LogP contribution is -2.32. The number of hydrogen-bond donors (Lipinski definition) is 2. The van der Waals surface area contributed by atoms with Crippen molar-refractivity contribution in [2.75, 3.05) is 31.7 Å². The Labute approximate surface area is 310 Å². The maximum absolute atomic E-state index is 12.4. The standard InChI is InChI=1S/C37H45N3O11S2/c1-6-38-29-16-14-25(52(44,45)46)23-27(29)36(2,3)31(38)11-10-12-32-37(4,20-22-50-5)28-24-26(53(47,48)49)15-17-30(28)39(32)21-9-7-8-13-35(43)51-40-33(41)18-19-34(40)42/h10-12,14-17,23-24H,6-9,13,18-22H2,1-5H3,(H-,44,45,46,47,48,49)/p+1. The molecule has 16 heteroatoms. The van der Waals surface area contributed by atoms with Crippen molar-refractivity contribution in [2.45, 2.75) is 93.3 Å². The number of imide groups is 1. The van der Waals surface area contributed by atoms with Gasteiger partial charge in [0.05, 0.1) is 15.2 Å². The highest BCUT2D eigenvalue weighted by Crippen LogP contribution is 2.51. The molecular formula is C37H46N3O11S2+. The fraction of sp³-hybridized carbons (Fsp3) is 0.459. The fourth-order valence-electron chi connectivity index (χ4n) is 7.41. The van der Waals surface area contributed by atoms with E-state index in [-0.39, 0.29) is 29.1 Å². The van der Waals surface area contributed by atoms with Gasteiger partial charge < -0.3 is 14.5 Å². The summed E-state index contributed by atoms with van der Waals surface area (Å²) in [6.07, 6.45) is 8.03. The molecule has 53 heavy (non-hydrogen) atoms. The molecule has 3 aliphatic heterocycles. The second-order valence-corrected chi connectivity index (χ2v) is 16.9. The summed E-state index contributed by atoms with van der Waals surface area (Å²) in [4.78, 5) is 42.6. The van der Waals surface area contributed by atoms with Crippen molar-refractivity contribution in [2.24, 2.45) is 0 Å². The molecule has 0 radical (unpaired) electrons. The number of rotatable bonds is 15. The molecule has 2 amide bonds. The molecule has 2 aromatic carbocycles. The van der Waals surface area contributed by atoms with Crippen molar-refractivity contribution >= 4 is 55.1 Å². The van der Waals surface area contributed by atoms with Crippen LogP contribution in [0.5, 0.6) is 0 Å². The van der Waals surface area contributed by atoms with Gasteiger partial charge in [-0.2, -0.15) is 21.4 Å². The van der Waals surface area contributed by atoms with Crippen LogP contribution in [-0.2, 0) is 55.0 Å². The van der Waals surface area contributed by atoms with E-state index in [1.165, 1.54) is 24.3 Å². The molecule has 0 aromatic heterocycles. The highest BCUT2D eigenvalue weighted by molar-refractivity contribution is 7.86. The topological polar surface area (TPSA) is 188 Å². The molecule has 2 aromatic rings. The van der Waals surface area contributed by atoms with Gasteiger partial charge in [-0.05, 0) is 88.9 Å². The zero-order chi connectivity index (χ0) is 38.9. The van der Waals surface area contributed by atoms with Crippen LogP contribution in [0.4, 0.5) is 11.4 Å². The number of anilines is 1. The molecular weight excluding hydrogens is 727 g/mol. The van der Waals surface area contributed by atoms with Crippen molar-refractivity contribution < 1.29 is 54.5 Å². The summed E-state index contributed by atoms with van der Waals surface area (Å²) in [6.45, 7) is 9.38. The monoisotopic (exact) mass is 772 g/mol. The Kier molecular flexibility index (Phi) is 11.5. The Hall–Kier alpha value is -4.22. The normalized spacial score (nSPS) is 20.6. The Morgan fingerprint density at radius 1 is 0.925 bits per heavy atom. The van der Waals surface area contributed by atoms with E-state index >= 15 is 0 Å². The van der Waals surface area contributed by atoms with Gasteiger partial charge in [0, 0.05) is 74.0 Å². The summed E-state index contributed by atoms with van der Waals surface area (Å²) in [7, 11) is -7.33. The molecule has 1 atom stereocenters. The van der Waals surface area contributed by atoms with Crippen LogP contribution in [-0.4, -0.2) is 85.9 Å². The first kappa shape index (κ1) is 40.0. The molecule has 1 fully saturated rings. The van der Waals surface area contributed by atoms with Crippen LogP contribution >= 0.6 is 0 Å². The van der Waals surface area contributed by atoms with Crippen LogP contribution in [0, 0.1) is 0 Å². The highest BCUT2D eigenvalue weighted by Gasteiger charge is 2.46. The molecule has 3 heterocycles. The SMILES string of the molecule is CC[N+]1=C(/C=C/C=C2/N(CCCCCC(=O)ON3C(=O)CCC3=O)c3ccc(S(=O)(=O)O)cc3C2(C)CCOC)C(C)(C)c2cc(S(=O)(=O)O)ccc21. The highest BCUT2D eigenvalue weighted by atomic mass is 32.2. The minimum Gasteiger partial charge on any atom is -0.385 e. The molecule has 0 bridgehead atoms. The third-order valence-electron chi connectivity index (χ3n) is 10.3. The number of nitrogens with zero attached hydrogens (tertiary/aromatic N) is 3. The largest absolute Gasteiger partial charge is 0.385 e. The first-order valence-electron chi connectivity index (χ1n) is 17.5. The first-order chi connectivity index (χ1) is 24.8. The lowest BCUT2D eigenvalue weighted by atomic mass is 9.78. The van der Waals surface area contributed by atoms with Crippen molar-refractivity contribution in [1.82, 2.24) is 5.06 Å². The Morgan fingerprint density at radius 3 is 2.15 bits per heavy atom. The molecule has 1 unspecified atom stereocenters. The first-order valence-corrected chi connectivity index (χ1v) is 20.3. The number of hydroxylamine groups is 2. The van der Waals surface area contributed by atoms with Crippen LogP contribution in [0.15, 0.2) is 70.1 Å². The summed E-state index contributed by atoms with van der Waals surface area (Å²) < 4.78 is 75.6. The maximum atomic E-state index is 12.4. The number of unbranched alkanes of at least 4 members (excludes halogenated alkanes) is 2. The van der Waals surface area contributed by atoms with E-state index in [1.54, 1.807) is 19.2 Å². The molecule has 5 rings (SSSR count). The van der Waals surface area contributed by atoms with E-state index in [1.807, 2.05) is 45.9 Å². The number of allylic oxidation sites excluding steroid dienone is 4.